The maximum absolute atomic E-state index is 11.2. The molecule has 0 fully saturated rings. The first-order valence-electron chi connectivity index (χ1n) is 4.40. The summed E-state index contributed by atoms with van der Waals surface area (Å²) >= 11 is 0. The largest absolute Gasteiger partial charge is 0.493 e. The Hall–Kier alpha value is -1.25. The van der Waals surface area contributed by atoms with Gasteiger partial charge in [-0.3, -0.25) is 0 Å². The van der Waals surface area contributed by atoms with E-state index in [0.717, 1.165) is 12.8 Å². The van der Waals surface area contributed by atoms with E-state index in [0.29, 0.717) is 11.5 Å². The number of hydrogen-bond acceptors (Lipinski definition) is 3. The van der Waals surface area contributed by atoms with E-state index in [-0.39, 0.29) is 12.1 Å². The highest BCUT2D eigenvalue weighted by molar-refractivity contribution is 5.88. The fourth-order valence-corrected chi connectivity index (χ4v) is 1.79. The van der Waals surface area contributed by atoms with Gasteiger partial charge in [0.2, 0.25) is 0 Å². The summed E-state index contributed by atoms with van der Waals surface area (Å²) in [4.78, 5) is 11.2. The molecule has 3 heteroatoms. The molecule has 0 saturated carbocycles. The highest BCUT2D eigenvalue weighted by Crippen LogP contribution is 2.32. The molecule has 0 aromatic rings. The van der Waals surface area contributed by atoms with Crippen molar-refractivity contribution in [1.82, 2.24) is 0 Å². The van der Waals surface area contributed by atoms with Gasteiger partial charge in [0.1, 0.15) is 6.10 Å². The summed E-state index contributed by atoms with van der Waals surface area (Å²) in [5, 5.41) is 0. The maximum atomic E-state index is 11.2. The molecular formula is C10H12O3. The van der Waals surface area contributed by atoms with Crippen molar-refractivity contribution in [1.29, 1.82) is 0 Å². The third-order valence-corrected chi connectivity index (χ3v) is 2.53. The lowest BCUT2D eigenvalue weighted by Gasteiger charge is -2.24. The first-order chi connectivity index (χ1) is 6.31. The highest BCUT2D eigenvalue weighted by Gasteiger charge is 2.30. The van der Waals surface area contributed by atoms with Gasteiger partial charge in [0.25, 0.3) is 0 Å². The third kappa shape index (κ3) is 1.46. The molecule has 3 nitrogen and oxygen atoms in total. The fourth-order valence-electron chi connectivity index (χ4n) is 1.79. The first kappa shape index (κ1) is 8.35. The van der Waals surface area contributed by atoms with Gasteiger partial charge in [-0.1, -0.05) is 6.08 Å². The van der Waals surface area contributed by atoms with E-state index < -0.39 is 0 Å². The van der Waals surface area contributed by atoms with Crippen LogP contribution in [0.1, 0.15) is 12.8 Å². The zero-order valence-electron chi connectivity index (χ0n) is 7.53. The molecule has 0 amide bonds. The predicted molar refractivity (Wildman–Crippen MR) is 46.8 cm³/mol. The van der Waals surface area contributed by atoms with Crippen LogP contribution in [0.15, 0.2) is 24.0 Å². The molecule has 0 N–H and O–H groups in total. The Morgan fingerprint density at radius 1 is 1.69 bits per heavy atom. The molecule has 0 unspecified atom stereocenters. The highest BCUT2D eigenvalue weighted by atomic mass is 16.5. The fraction of sp³-hybridized carbons (Fsp3) is 0.500. The molecular weight excluding hydrogens is 168 g/mol. The number of carbonyl (C=O) groups excluding carboxylic acids is 1. The van der Waals surface area contributed by atoms with Gasteiger partial charge in [-0.15, -0.1) is 0 Å². The van der Waals surface area contributed by atoms with E-state index in [1.807, 2.05) is 0 Å². The number of methoxy groups -OCH3 is 1. The van der Waals surface area contributed by atoms with E-state index in [1.165, 1.54) is 13.4 Å². The van der Waals surface area contributed by atoms with Crippen molar-refractivity contribution in [2.45, 2.75) is 18.9 Å². The van der Waals surface area contributed by atoms with E-state index in [9.17, 15) is 4.79 Å². The summed E-state index contributed by atoms with van der Waals surface area (Å²) in [6.07, 6.45) is 7.62. The van der Waals surface area contributed by atoms with E-state index >= 15 is 0 Å². The van der Waals surface area contributed by atoms with Gasteiger partial charge < -0.3 is 9.47 Å². The zero-order chi connectivity index (χ0) is 9.26. The Bertz CT molecular complexity index is 278. The molecule has 1 heterocycles. The minimum absolute atomic E-state index is 0.174. The molecule has 2 aliphatic rings. The molecule has 0 aromatic heterocycles. The Balaban J connectivity index is 2.06. The van der Waals surface area contributed by atoms with Crippen LogP contribution >= 0.6 is 0 Å². The van der Waals surface area contributed by atoms with Crippen LogP contribution in [0, 0.1) is 5.92 Å². The molecule has 0 aromatic carbocycles. The van der Waals surface area contributed by atoms with Gasteiger partial charge in [-0.05, 0) is 18.9 Å². The van der Waals surface area contributed by atoms with Crippen molar-refractivity contribution < 1.29 is 14.3 Å². The van der Waals surface area contributed by atoms with Crippen LogP contribution < -0.4 is 0 Å². The van der Waals surface area contributed by atoms with Crippen LogP contribution in [-0.2, 0) is 14.3 Å². The van der Waals surface area contributed by atoms with Gasteiger partial charge in [-0.2, -0.15) is 0 Å². The number of ether oxygens (including phenoxy) is 2. The smallest absolute Gasteiger partial charge is 0.336 e. The van der Waals surface area contributed by atoms with Crippen LogP contribution in [0.2, 0.25) is 0 Å². The monoisotopic (exact) mass is 180 g/mol. The summed E-state index contributed by atoms with van der Waals surface area (Å²) in [6.45, 7) is 0. The summed E-state index contributed by atoms with van der Waals surface area (Å²) in [7, 11) is 1.39. The van der Waals surface area contributed by atoms with Crippen LogP contribution in [0.3, 0.4) is 0 Å². The van der Waals surface area contributed by atoms with Crippen molar-refractivity contribution in [3.63, 3.8) is 0 Å². The number of esters is 1. The molecule has 0 bridgehead atoms. The van der Waals surface area contributed by atoms with Crippen molar-refractivity contribution >= 4 is 5.97 Å². The Kier molecular flexibility index (Phi) is 2.08. The maximum Gasteiger partial charge on any atom is 0.336 e. The minimum atomic E-state index is -0.273. The second-order valence-corrected chi connectivity index (χ2v) is 3.36. The molecule has 13 heavy (non-hydrogen) atoms. The van der Waals surface area contributed by atoms with Crippen LogP contribution in [0.25, 0.3) is 0 Å². The van der Waals surface area contributed by atoms with Crippen molar-refractivity contribution in [3.8, 4) is 0 Å². The summed E-state index contributed by atoms with van der Waals surface area (Å²) < 4.78 is 10.0. The predicted octanol–water partition coefficient (Wildman–Crippen LogP) is 1.41. The summed E-state index contributed by atoms with van der Waals surface area (Å²) in [5.41, 5.74) is 0.646. The zero-order valence-corrected chi connectivity index (χ0v) is 7.53. The van der Waals surface area contributed by atoms with Crippen LogP contribution in [-0.4, -0.2) is 19.2 Å². The first-order valence-corrected chi connectivity index (χ1v) is 4.40. The lowest BCUT2D eigenvalue weighted by atomic mass is 9.94. The van der Waals surface area contributed by atoms with E-state index in [1.54, 1.807) is 0 Å². The molecule has 0 saturated heterocycles. The average Bonchev–Trinajstić information content (AvgIpc) is 2.63. The number of carbonyl (C=O) groups is 1. The second kappa shape index (κ2) is 3.24. The third-order valence-electron chi connectivity index (χ3n) is 2.53. The normalized spacial score (nSPS) is 30.4. The topological polar surface area (TPSA) is 35.5 Å². The summed E-state index contributed by atoms with van der Waals surface area (Å²) in [5.74, 6) is 0.157. The van der Waals surface area contributed by atoms with Crippen LogP contribution in [0.5, 0.6) is 0 Å². The number of hydrogen-bond donors (Lipinski definition) is 0. The van der Waals surface area contributed by atoms with Crippen LogP contribution in [0.4, 0.5) is 0 Å². The Morgan fingerprint density at radius 2 is 2.54 bits per heavy atom. The molecule has 70 valence electrons. The quantitative estimate of drug-likeness (QED) is 0.452. The van der Waals surface area contributed by atoms with Gasteiger partial charge in [0.15, 0.2) is 0 Å². The second-order valence-electron chi connectivity index (χ2n) is 3.36. The molecule has 1 aliphatic carbocycles. The van der Waals surface area contributed by atoms with E-state index in [4.69, 9.17) is 4.74 Å². The van der Waals surface area contributed by atoms with E-state index in [2.05, 4.69) is 16.9 Å². The van der Waals surface area contributed by atoms with Gasteiger partial charge in [0.05, 0.1) is 18.9 Å². The lowest BCUT2D eigenvalue weighted by molar-refractivity contribution is -0.137. The molecule has 0 radical (unpaired) electrons. The molecule has 2 rings (SSSR count). The van der Waals surface area contributed by atoms with Gasteiger partial charge >= 0.3 is 5.97 Å². The molecule has 0 spiro atoms. The van der Waals surface area contributed by atoms with Gasteiger partial charge in [0, 0.05) is 5.92 Å². The van der Waals surface area contributed by atoms with Crippen molar-refractivity contribution in [2.75, 3.05) is 7.11 Å². The summed E-state index contributed by atoms with van der Waals surface area (Å²) in [6, 6.07) is 0. The number of rotatable bonds is 1. The van der Waals surface area contributed by atoms with Crippen molar-refractivity contribution in [3.05, 3.63) is 24.0 Å². The Morgan fingerprint density at radius 3 is 3.31 bits per heavy atom. The standard InChI is InChI=1S/C10H12O3/c1-12-10(11)8-5-7-3-2-4-9(7)13-6-8/h2,4,6-7,9H,3,5H2,1H3/t7-,9-/m0/s1. The minimum Gasteiger partial charge on any atom is -0.493 e. The molecule has 2 atom stereocenters. The molecule has 1 aliphatic heterocycles. The number of allylic oxidation sites excluding steroid dienone is 1. The van der Waals surface area contributed by atoms with Crippen molar-refractivity contribution in [2.24, 2.45) is 5.92 Å². The SMILES string of the molecule is COC(=O)C1=CO[C@H]2C=CC[C@H]2C1. The number of fused-ring (bicyclic) bond motifs is 1. The van der Waals surface area contributed by atoms with Gasteiger partial charge in [-0.25, -0.2) is 4.79 Å². The Labute approximate surface area is 77.0 Å². The average molecular weight is 180 g/mol. The lowest BCUT2D eigenvalue weighted by Crippen LogP contribution is -2.23.